The van der Waals surface area contributed by atoms with E-state index in [1.54, 1.807) is 53.7 Å². The lowest BCUT2D eigenvalue weighted by molar-refractivity contribution is 0.0560. The molecule has 0 aliphatic carbocycles. The third-order valence-corrected chi connectivity index (χ3v) is 8.67. The van der Waals surface area contributed by atoms with Crippen LogP contribution < -0.4 is 5.32 Å². The fraction of sp³-hybridized carbons (Fsp3) is 0.565. The first kappa shape index (κ1) is 26.1. The monoisotopic (exact) mass is 479 g/mol. The minimum absolute atomic E-state index is 0.0403. The van der Waals surface area contributed by atoms with E-state index >= 15 is 0 Å². The van der Waals surface area contributed by atoms with Gasteiger partial charge < -0.3 is 4.74 Å². The average molecular weight is 480 g/mol. The number of carbonyl (C=O) groups is 1. The van der Waals surface area contributed by atoms with Crippen molar-refractivity contribution in [3.63, 3.8) is 0 Å². The Labute approximate surface area is 192 Å². The lowest BCUT2D eigenvalue weighted by Gasteiger charge is -2.41. The Morgan fingerprint density at radius 1 is 1.28 bits per heavy atom. The number of halogens is 1. The summed E-state index contributed by atoms with van der Waals surface area (Å²) in [4.78, 5) is 17.1. The highest BCUT2D eigenvalue weighted by molar-refractivity contribution is 7.94. The van der Waals surface area contributed by atoms with Gasteiger partial charge in [0.2, 0.25) is 0 Å². The van der Waals surface area contributed by atoms with Gasteiger partial charge in [0.25, 0.3) is 0 Å². The first-order valence-corrected chi connectivity index (χ1v) is 15.7. The predicted octanol–water partition coefficient (Wildman–Crippen LogP) is 5.03. The number of carbonyl (C=O) groups excluding carboxylic acids is 1. The van der Waals surface area contributed by atoms with Crippen molar-refractivity contribution < 1.29 is 18.1 Å². The number of ether oxygens (including phenoxy) is 1. The van der Waals surface area contributed by atoms with Gasteiger partial charge in [0.15, 0.2) is 0 Å². The van der Waals surface area contributed by atoms with Crippen molar-refractivity contribution in [1.82, 2.24) is 5.32 Å². The summed E-state index contributed by atoms with van der Waals surface area (Å²) in [5.41, 5.74) is 2.01. The van der Waals surface area contributed by atoms with Crippen molar-refractivity contribution >= 4 is 29.7 Å². The topological polar surface area (TPSA) is 91.6 Å². The summed E-state index contributed by atoms with van der Waals surface area (Å²) in [5, 5.41) is 2.57. The fourth-order valence-corrected chi connectivity index (χ4v) is 5.44. The number of alkyl carbamates (subject to hydrolysis) is 1. The van der Waals surface area contributed by atoms with E-state index in [-0.39, 0.29) is 17.2 Å². The van der Waals surface area contributed by atoms with Crippen molar-refractivity contribution in [2.24, 2.45) is 4.99 Å². The number of hydrogen-bond acceptors (Lipinski definition) is 5. The zero-order chi connectivity index (χ0) is 24.8. The number of rotatable bonds is 1. The van der Waals surface area contributed by atoms with Crippen molar-refractivity contribution in [3.05, 3.63) is 35.1 Å². The van der Waals surface area contributed by atoms with Gasteiger partial charge in [0.1, 0.15) is 35.6 Å². The minimum atomic E-state index is -3.32. The summed E-state index contributed by atoms with van der Waals surface area (Å²) in [6.45, 7) is 16.3. The van der Waals surface area contributed by atoms with Gasteiger partial charge in [-0.05, 0) is 59.7 Å². The molecule has 2 rings (SSSR count). The molecule has 1 aliphatic heterocycles. The zero-order valence-electron chi connectivity index (χ0n) is 20.4. The normalized spacial score (nSPS) is 25.2. The smallest absolute Gasteiger partial charge is 0.413 e. The van der Waals surface area contributed by atoms with Crippen LogP contribution in [0.2, 0.25) is 19.6 Å². The summed E-state index contributed by atoms with van der Waals surface area (Å²) in [7, 11) is -4.96. The molecule has 32 heavy (non-hydrogen) atoms. The molecule has 6 nitrogen and oxygen atoms in total. The van der Waals surface area contributed by atoms with Crippen LogP contribution >= 0.6 is 0 Å². The molecule has 2 atom stereocenters. The molecule has 0 radical (unpaired) electrons. The lowest BCUT2D eigenvalue weighted by Crippen LogP contribution is -2.57. The first-order valence-electron chi connectivity index (χ1n) is 10.5. The van der Waals surface area contributed by atoms with Crippen molar-refractivity contribution in [1.29, 1.82) is 4.78 Å². The van der Waals surface area contributed by atoms with E-state index in [0.717, 1.165) is 0 Å². The SMILES string of the molecule is CC(C)(C)OC(=O)NC1=N[C@](C)(c2cc(C#C[Si](C)(C)C)ccc2F)C[S@](=N)(=O)C1(C)C. The third kappa shape index (κ3) is 5.98. The Morgan fingerprint density at radius 2 is 1.88 bits per heavy atom. The Morgan fingerprint density at radius 3 is 2.41 bits per heavy atom. The van der Waals surface area contributed by atoms with Gasteiger partial charge in [0, 0.05) is 11.1 Å². The molecule has 1 aliphatic rings. The molecule has 0 fully saturated rings. The van der Waals surface area contributed by atoms with E-state index in [2.05, 4.69) is 41.4 Å². The van der Waals surface area contributed by atoms with Crippen molar-refractivity contribution in [2.45, 2.75) is 77.1 Å². The Bertz CT molecular complexity index is 1120. The molecule has 2 N–H and O–H groups in total. The summed E-state index contributed by atoms with van der Waals surface area (Å²) in [5.74, 6) is 2.43. The molecule has 9 heteroatoms. The van der Waals surface area contributed by atoms with Crippen molar-refractivity contribution in [3.8, 4) is 11.5 Å². The highest BCUT2D eigenvalue weighted by atomic mass is 32.2. The minimum Gasteiger partial charge on any atom is -0.444 e. The van der Waals surface area contributed by atoms with Gasteiger partial charge in [-0.1, -0.05) is 25.6 Å². The molecule has 176 valence electrons. The molecule has 0 bridgehead atoms. The van der Waals surface area contributed by atoms with Crippen LogP contribution in [0.4, 0.5) is 9.18 Å². The first-order chi connectivity index (χ1) is 14.3. The molecule has 1 aromatic rings. The van der Waals surface area contributed by atoms with Crippen LogP contribution in [0.1, 0.15) is 52.7 Å². The largest absolute Gasteiger partial charge is 0.444 e. The van der Waals surface area contributed by atoms with Crippen LogP contribution in [-0.2, 0) is 20.0 Å². The summed E-state index contributed by atoms with van der Waals surface area (Å²) < 4.78 is 41.0. The summed E-state index contributed by atoms with van der Waals surface area (Å²) >= 11 is 0. The van der Waals surface area contributed by atoms with Crippen molar-refractivity contribution in [2.75, 3.05) is 5.75 Å². The van der Waals surface area contributed by atoms with E-state index < -0.39 is 45.6 Å². The number of aliphatic imine (C=N–C) groups is 1. The van der Waals surface area contributed by atoms with E-state index in [1.807, 2.05) is 0 Å². The van der Waals surface area contributed by atoms with Crippen LogP contribution in [0, 0.1) is 22.1 Å². The van der Waals surface area contributed by atoms with Crippen LogP contribution in [0.25, 0.3) is 0 Å². The summed E-state index contributed by atoms with van der Waals surface area (Å²) in [6, 6.07) is 4.52. The number of amidine groups is 1. The average Bonchev–Trinajstić information content (AvgIpc) is 2.56. The Hall–Kier alpha value is -2.18. The third-order valence-electron chi connectivity index (χ3n) is 4.99. The highest BCUT2D eigenvalue weighted by Gasteiger charge is 2.48. The second-order valence-electron chi connectivity index (χ2n) is 10.9. The number of nitrogens with zero attached hydrogens (tertiary/aromatic N) is 1. The Kier molecular flexibility index (Phi) is 6.77. The highest BCUT2D eigenvalue weighted by Crippen LogP contribution is 2.39. The quantitative estimate of drug-likeness (QED) is 0.437. The summed E-state index contributed by atoms with van der Waals surface area (Å²) in [6.07, 6.45) is -0.765. The molecule has 0 spiro atoms. The molecule has 0 saturated heterocycles. The second kappa shape index (κ2) is 8.30. The van der Waals surface area contributed by atoms with Gasteiger partial charge in [-0.3, -0.25) is 15.1 Å². The molecular formula is C23H34FN3O3SSi. The van der Waals surface area contributed by atoms with Gasteiger partial charge >= 0.3 is 6.09 Å². The van der Waals surface area contributed by atoms with E-state index in [4.69, 9.17) is 9.52 Å². The maximum absolute atomic E-state index is 15.0. The zero-order valence-corrected chi connectivity index (χ0v) is 22.2. The number of nitrogens with one attached hydrogen (secondary N) is 2. The predicted molar refractivity (Wildman–Crippen MR) is 131 cm³/mol. The van der Waals surface area contributed by atoms with E-state index in [9.17, 15) is 13.4 Å². The standard InChI is InChI=1S/C23H34FN3O3SSi/c1-21(2,3)30-20(28)26-19-22(4,5)31(25,29)15-23(6,27-19)17-14-16(10-11-18(17)24)12-13-32(7,8)9/h10-11,14,25H,15H2,1-9H3,(H,26,27,28)/t23-,31-/m0/s1. The van der Waals surface area contributed by atoms with Crippen LogP contribution in [0.5, 0.6) is 0 Å². The molecule has 1 amide bonds. The number of hydrogen-bond donors (Lipinski definition) is 2. The molecule has 0 saturated carbocycles. The molecule has 1 aromatic carbocycles. The van der Waals surface area contributed by atoms with E-state index in [1.165, 1.54) is 6.07 Å². The molecule has 1 heterocycles. The maximum Gasteiger partial charge on any atom is 0.413 e. The fourth-order valence-electron chi connectivity index (χ4n) is 3.14. The maximum atomic E-state index is 15.0. The second-order valence-corrected chi connectivity index (χ2v) is 18.3. The van der Waals surface area contributed by atoms with Gasteiger partial charge in [-0.2, -0.15) is 0 Å². The molecular weight excluding hydrogens is 445 g/mol. The van der Waals surface area contributed by atoms with Gasteiger partial charge in [0.05, 0.1) is 15.5 Å². The lowest BCUT2D eigenvalue weighted by atomic mass is 9.92. The Balaban J connectivity index is 2.61. The van der Waals surface area contributed by atoms with Crippen LogP contribution in [0.15, 0.2) is 23.2 Å². The van der Waals surface area contributed by atoms with Gasteiger partial charge in [-0.25, -0.2) is 13.4 Å². The molecule has 0 unspecified atom stereocenters. The van der Waals surface area contributed by atoms with Gasteiger partial charge in [-0.15, -0.1) is 5.54 Å². The van der Waals surface area contributed by atoms with Crippen LogP contribution in [-0.4, -0.2) is 40.3 Å². The number of benzene rings is 1. The van der Waals surface area contributed by atoms with Crippen LogP contribution in [0.3, 0.4) is 0 Å². The van der Waals surface area contributed by atoms with E-state index in [0.29, 0.717) is 5.56 Å². The number of amides is 1. The molecule has 0 aromatic heterocycles.